The molecular formula is C13H16FN3. The summed E-state index contributed by atoms with van der Waals surface area (Å²) in [6, 6.07) is 4.68. The van der Waals surface area contributed by atoms with E-state index in [9.17, 15) is 4.39 Å². The van der Waals surface area contributed by atoms with Crippen LogP contribution in [0.2, 0.25) is 0 Å². The van der Waals surface area contributed by atoms with Crippen LogP contribution in [0.4, 0.5) is 4.39 Å². The van der Waals surface area contributed by atoms with E-state index in [2.05, 4.69) is 22.2 Å². The fourth-order valence-corrected chi connectivity index (χ4v) is 2.53. The number of hydrogen-bond acceptors (Lipinski definition) is 2. The molecular weight excluding hydrogens is 217 g/mol. The van der Waals surface area contributed by atoms with Crippen LogP contribution in [0.1, 0.15) is 25.6 Å². The first-order chi connectivity index (χ1) is 8.17. The molecule has 1 fully saturated rings. The predicted octanol–water partition coefficient (Wildman–Crippen LogP) is 2.34. The highest BCUT2D eigenvalue weighted by molar-refractivity contribution is 5.75. The summed E-state index contributed by atoms with van der Waals surface area (Å²) in [5.41, 5.74) is 1.66. The zero-order chi connectivity index (χ0) is 11.9. The molecule has 2 N–H and O–H groups in total. The Morgan fingerprint density at radius 2 is 2.29 bits per heavy atom. The minimum absolute atomic E-state index is 0.0355. The largest absolute Gasteiger partial charge is 0.341 e. The van der Waals surface area contributed by atoms with Crippen molar-refractivity contribution in [3.8, 4) is 0 Å². The number of fused-ring (bicyclic) bond motifs is 1. The highest BCUT2D eigenvalue weighted by Gasteiger charge is 2.31. The van der Waals surface area contributed by atoms with Crippen LogP contribution in [0.15, 0.2) is 18.2 Å². The van der Waals surface area contributed by atoms with E-state index in [1.165, 1.54) is 12.1 Å². The van der Waals surface area contributed by atoms with E-state index >= 15 is 0 Å². The maximum atomic E-state index is 13.1. The number of nitrogens with one attached hydrogen (secondary N) is 2. The van der Waals surface area contributed by atoms with Gasteiger partial charge in [-0.1, -0.05) is 6.92 Å². The van der Waals surface area contributed by atoms with Gasteiger partial charge in [-0.25, -0.2) is 9.37 Å². The number of benzene rings is 1. The molecule has 1 unspecified atom stereocenters. The molecule has 1 atom stereocenters. The van der Waals surface area contributed by atoms with Crippen LogP contribution in [-0.2, 0) is 5.41 Å². The summed E-state index contributed by atoms with van der Waals surface area (Å²) >= 11 is 0. The molecule has 4 heteroatoms. The first kappa shape index (κ1) is 10.7. The number of nitrogens with zero attached hydrogens (tertiary/aromatic N) is 1. The molecule has 0 amide bonds. The molecule has 1 aliphatic heterocycles. The van der Waals surface area contributed by atoms with Gasteiger partial charge in [0, 0.05) is 12.0 Å². The van der Waals surface area contributed by atoms with Crippen molar-refractivity contribution in [2.45, 2.75) is 25.2 Å². The van der Waals surface area contributed by atoms with Crippen molar-refractivity contribution in [3.63, 3.8) is 0 Å². The number of H-pyrrole nitrogens is 1. The van der Waals surface area contributed by atoms with Crippen molar-refractivity contribution >= 4 is 11.0 Å². The molecule has 0 saturated carbocycles. The van der Waals surface area contributed by atoms with E-state index in [-0.39, 0.29) is 11.2 Å². The minimum atomic E-state index is -0.223. The molecule has 17 heavy (non-hydrogen) atoms. The van der Waals surface area contributed by atoms with Crippen LogP contribution in [0.3, 0.4) is 0 Å². The lowest BCUT2D eigenvalue weighted by Crippen LogP contribution is -2.41. The summed E-state index contributed by atoms with van der Waals surface area (Å²) in [4.78, 5) is 7.84. The molecule has 0 bridgehead atoms. The predicted molar refractivity (Wildman–Crippen MR) is 65.5 cm³/mol. The van der Waals surface area contributed by atoms with Gasteiger partial charge >= 0.3 is 0 Å². The van der Waals surface area contributed by atoms with Crippen LogP contribution in [0, 0.1) is 5.82 Å². The van der Waals surface area contributed by atoms with Gasteiger partial charge in [-0.05, 0) is 37.6 Å². The Morgan fingerprint density at radius 3 is 3.06 bits per heavy atom. The lowest BCUT2D eigenvalue weighted by atomic mass is 9.82. The summed E-state index contributed by atoms with van der Waals surface area (Å²) in [6.07, 6.45) is 2.27. The van der Waals surface area contributed by atoms with Crippen molar-refractivity contribution in [2.24, 2.45) is 0 Å². The number of imidazole rings is 1. The van der Waals surface area contributed by atoms with E-state index in [0.717, 1.165) is 42.8 Å². The zero-order valence-electron chi connectivity index (χ0n) is 9.89. The Labute approximate surface area is 99.4 Å². The zero-order valence-corrected chi connectivity index (χ0v) is 9.89. The van der Waals surface area contributed by atoms with Gasteiger partial charge in [-0.2, -0.15) is 0 Å². The number of aromatic amines is 1. The third-order valence-corrected chi connectivity index (χ3v) is 3.61. The van der Waals surface area contributed by atoms with Crippen LogP contribution in [0.5, 0.6) is 0 Å². The summed E-state index contributed by atoms with van der Waals surface area (Å²) in [6.45, 7) is 4.20. The quantitative estimate of drug-likeness (QED) is 0.793. The Hall–Kier alpha value is -1.42. The molecule has 3 nitrogen and oxygen atoms in total. The Bertz CT molecular complexity index is 541. The Balaban J connectivity index is 2.05. The summed E-state index contributed by atoms with van der Waals surface area (Å²) in [5.74, 6) is 0.741. The molecule has 0 radical (unpaired) electrons. The molecule has 0 aliphatic carbocycles. The van der Waals surface area contributed by atoms with Gasteiger partial charge in [0.05, 0.1) is 11.0 Å². The van der Waals surface area contributed by atoms with E-state index in [1.807, 2.05) is 0 Å². The molecule has 1 aromatic carbocycles. The van der Waals surface area contributed by atoms with Gasteiger partial charge in [0.2, 0.25) is 0 Å². The molecule has 2 heterocycles. The maximum Gasteiger partial charge on any atom is 0.125 e. The van der Waals surface area contributed by atoms with E-state index in [1.54, 1.807) is 6.07 Å². The van der Waals surface area contributed by atoms with E-state index < -0.39 is 0 Å². The first-order valence-electron chi connectivity index (χ1n) is 6.04. The average Bonchev–Trinajstić information content (AvgIpc) is 2.73. The second kappa shape index (κ2) is 3.81. The third kappa shape index (κ3) is 1.82. The second-order valence-electron chi connectivity index (χ2n) is 5.09. The smallest absolute Gasteiger partial charge is 0.125 e. The number of rotatable bonds is 1. The van der Waals surface area contributed by atoms with Crippen molar-refractivity contribution < 1.29 is 4.39 Å². The highest BCUT2D eigenvalue weighted by atomic mass is 19.1. The maximum absolute atomic E-state index is 13.1. The van der Waals surface area contributed by atoms with E-state index in [4.69, 9.17) is 0 Å². The van der Waals surface area contributed by atoms with E-state index in [0.29, 0.717) is 0 Å². The highest BCUT2D eigenvalue weighted by Crippen LogP contribution is 2.30. The number of aromatic nitrogens is 2. The van der Waals surface area contributed by atoms with Gasteiger partial charge in [-0.15, -0.1) is 0 Å². The molecule has 1 saturated heterocycles. The van der Waals surface area contributed by atoms with Crippen LogP contribution in [0.25, 0.3) is 11.0 Å². The Kier molecular flexibility index (Phi) is 2.40. The third-order valence-electron chi connectivity index (χ3n) is 3.61. The monoisotopic (exact) mass is 233 g/mol. The molecule has 3 rings (SSSR count). The lowest BCUT2D eigenvalue weighted by molar-refractivity contribution is 0.326. The van der Waals surface area contributed by atoms with Crippen molar-refractivity contribution in [1.29, 1.82) is 0 Å². The van der Waals surface area contributed by atoms with Crippen molar-refractivity contribution in [3.05, 3.63) is 29.8 Å². The van der Waals surface area contributed by atoms with Crippen molar-refractivity contribution in [1.82, 2.24) is 15.3 Å². The fourth-order valence-electron chi connectivity index (χ4n) is 2.53. The Morgan fingerprint density at radius 1 is 1.41 bits per heavy atom. The first-order valence-corrected chi connectivity index (χ1v) is 6.04. The standard InChI is InChI=1S/C13H16FN3/c1-13(5-2-6-15-8-13)12-16-10-4-3-9(14)7-11(10)17-12/h3-4,7,15H,2,5-6,8H2,1H3,(H,16,17). The summed E-state index contributed by atoms with van der Waals surface area (Å²) < 4.78 is 13.1. The molecule has 1 aromatic heterocycles. The fraction of sp³-hybridized carbons (Fsp3) is 0.462. The average molecular weight is 233 g/mol. The van der Waals surface area contributed by atoms with Gasteiger partial charge in [0.25, 0.3) is 0 Å². The summed E-state index contributed by atoms with van der Waals surface area (Å²) in [7, 11) is 0. The normalized spacial score (nSPS) is 25.3. The second-order valence-corrected chi connectivity index (χ2v) is 5.09. The van der Waals surface area contributed by atoms with Crippen LogP contribution >= 0.6 is 0 Å². The van der Waals surface area contributed by atoms with Gasteiger partial charge in [-0.3, -0.25) is 0 Å². The minimum Gasteiger partial charge on any atom is -0.341 e. The molecule has 2 aromatic rings. The van der Waals surface area contributed by atoms with Crippen molar-refractivity contribution in [2.75, 3.05) is 13.1 Å². The number of piperidine rings is 1. The van der Waals surface area contributed by atoms with Gasteiger partial charge in [0.1, 0.15) is 11.6 Å². The molecule has 90 valence electrons. The summed E-state index contributed by atoms with van der Waals surface area (Å²) in [5, 5.41) is 3.40. The van der Waals surface area contributed by atoms with Gasteiger partial charge in [0.15, 0.2) is 0 Å². The number of hydrogen-bond donors (Lipinski definition) is 2. The topological polar surface area (TPSA) is 40.7 Å². The molecule has 1 aliphatic rings. The van der Waals surface area contributed by atoms with Gasteiger partial charge < -0.3 is 10.3 Å². The van der Waals surface area contributed by atoms with Crippen LogP contribution in [-0.4, -0.2) is 23.1 Å². The SMILES string of the molecule is CC1(c2nc3ccc(F)cc3[nH]2)CCCNC1. The lowest BCUT2D eigenvalue weighted by Gasteiger charge is -2.32. The molecule has 0 spiro atoms. The van der Waals surface area contributed by atoms with Crippen LogP contribution < -0.4 is 5.32 Å². The number of halogens is 1.